The third kappa shape index (κ3) is 1.86. The number of nitrogens with one attached hydrogen (secondary N) is 1. The fourth-order valence-corrected chi connectivity index (χ4v) is 2.45. The van der Waals surface area contributed by atoms with E-state index in [1.165, 1.54) is 10.6 Å². The Labute approximate surface area is 113 Å². The van der Waals surface area contributed by atoms with Gasteiger partial charge in [0.05, 0.1) is 5.52 Å². The van der Waals surface area contributed by atoms with Crippen LogP contribution in [-0.2, 0) is 0 Å². The molecule has 2 nitrogen and oxygen atoms in total. The molecule has 0 atom stereocenters. The first-order valence-corrected chi connectivity index (χ1v) is 6.14. The smallest absolute Gasteiger partial charge is 0.184 e. The van der Waals surface area contributed by atoms with Gasteiger partial charge < -0.3 is 4.98 Å². The first kappa shape index (κ1) is 12.0. The third-order valence-corrected chi connectivity index (χ3v) is 3.28. The number of hydrogen-bond donors (Lipinski definition) is 1. The lowest BCUT2D eigenvalue weighted by atomic mass is 10.2. The maximum Gasteiger partial charge on any atom is 0.184 e. The van der Waals surface area contributed by atoms with E-state index >= 15 is 0 Å². The molecule has 1 heterocycles. The van der Waals surface area contributed by atoms with Crippen LogP contribution in [-0.4, -0.2) is 9.55 Å². The summed E-state index contributed by atoms with van der Waals surface area (Å²) in [4.78, 5) is 2.88. The predicted molar refractivity (Wildman–Crippen MR) is 73.1 cm³/mol. The zero-order chi connectivity index (χ0) is 13.6. The average molecular weight is 276 g/mol. The van der Waals surface area contributed by atoms with E-state index in [-0.39, 0.29) is 5.52 Å². The number of fused-ring (bicyclic) bond motifs is 1. The molecule has 96 valence electrons. The van der Waals surface area contributed by atoms with Gasteiger partial charge in [-0.15, -0.1) is 0 Å². The first-order valence-electron chi connectivity index (χ1n) is 5.73. The Bertz CT molecular complexity index is 833. The summed E-state index contributed by atoms with van der Waals surface area (Å²) in [5, 5.41) is 0. The van der Waals surface area contributed by atoms with Gasteiger partial charge in [-0.2, -0.15) is 0 Å². The molecule has 1 N–H and O–H groups in total. The number of benzene rings is 2. The van der Waals surface area contributed by atoms with Crippen molar-refractivity contribution >= 4 is 23.3 Å². The van der Waals surface area contributed by atoms with E-state index in [0.29, 0.717) is 16.0 Å². The Morgan fingerprint density at radius 1 is 1.16 bits per heavy atom. The van der Waals surface area contributed by atoms with E-state index in [2.05, 4.69) is 4.98 Å². The van der Waals surface area contributed by atoms with Crippen LogP contribution in [0, 0.1) is 23.3 Å². The summed E-state index contributed by atoms with van der Waals surface area (Å²) in [6, 6.07) is 10.0. The van der Waals surface area contributed by atoms with Crippen molar-refractivity contribution in [1.82, 2.24) is 9.55 Å². The van der Waals surface area contributed by atoms with E-state index in [1.54, 1.807) is 6.07 Å². The van der Waals surface area contributed by atoms with Crippen LogP contribution in [0.5, 0.6) is 0 Å². The van der Waals surface area contributed by atoms with Gasteiger partial charge in [0.25, 0.3) is 0 Å². The van der Waals surface area contributed by atoms with Crippen LogP contribution in [0.4, 0.5) is 8.78 Å². The summed E-state index contributed by atoms with van der Waals surface area (Å²) in [5.41, 5.74) is 2.34. The Morgan fingerprint density at radius 3 is 2.68 bits per heavy atom. The zero-order valence-corrected chi connectivity index (χ0v) is 10.9. The Kier molecular flexibility index (Phi) is 2.71. The van der Waals surface area contributed by atoms with Gasteiger partial charge in [-0.25, -0.2) is 8.78 Å². The number of nitrogens with zero attached hydrogens (tertiary/aromatic N) is 1. The van der Waals surface area contributed by atoms with Crippen molar-refractivity contribution in [3.8, 4) is 5.69 Å². The molecule has 0 saturated carbocycles. The second kappa shape index (κ2) is 4.28. The number of hydrogen-bond acceptors (Lipinski definition) is 1. The predicted octanol–water partition coefficient (Wildman–Crippen LogP) is 4.27. The van der Waals surface area contributed by atoms with Crippen LogP contribution in [0.3, 0.4) is 0 Å². The van der Waals surface area contributed by atoms with Gasteiger partial charge in [-0.3, -0.25) is 4.57 Å². The maximum atomic E-state index is 14.0. The van der Waals surface area contributed by atoms with E-state index in [0.717, 1.165) is 11.6 Å². The van der Waals surface area contributed by atoms with Crippen LogP contribution in [0.2, 0.25) is 0 Å². The van der Waals surface area contributed by atoms with E-state index in [4.69, 9.17) is 12.2 Å². The fraction of sp³-hybridized carbons (Fsp3) is 0.0714. The number of H-pyrrole nitrogens is 1. The third-order valence-electron chi connectivity index (χ3n) is 3.00. The molecule has 5 heteroatoms. The molecule has 0 aliphatic heterocycles. The monoisotopic (exact) mass is 276 g/mol. The molecule has 0 bridgehead atoms. The standard InChI is InChI=1S/C14H10F2N2S/c1-8-3-2-4-9(7-8)18-13-11(17-14(18)19)6-5-10(15)12(13)16/h2-7H,1H3,(H,17,19). The minimum absolute atomic E-state index is 0.135. The summed E-state index contributed by atoms with van der Waals surface area (Å²) >= 11 is 5.20. The van der Waals surface area contributed by atoms with Crippen molar-refractivity contribution in [3.05, 3.63) is 58.4 Å². The molecule has 3 aromatic rings. The van der Waals surface area contributed by atoms with E-state index in [9.17, 15) is 8.78 Å². The molecule has 0 aliphatic carbocycles. The largest absolute Gasteiger partial charge is 0.330 e. The number of imidazole rings is 1. The first-order chi connectivity index (χ1) is 9.08. The number of aromatic nitrogens is 2. The molecule has 0 unspecified atom stereocenters. The molecule has 0 fully saturated rings. The minimum Gasteiger partial charge on any atom is -0.330 e. The SMILES string of the molecule is Cc1cccc(-n2c(=S)[nH]c3ccc(F)c(F)c32)c1. The normalized spacial score (nSPS) is 11.1. The second-order valence-electron chi connectivity index (χ2n) is 4.36. The van der Waals surface area contributed by atoms with Crippen molar-refractivity contribution in [2.24, 2.45) is 0 Å². The van der Waals surface area contributed by atoms with Crippen molar-refractivity contribution in [2.75, 3.05) is 0 Å². The molecule has 0 radical (unpaired) electrons. The van der Waals surface area contributed by atoms with Crippen LogP contribution < -0.4 is 0 Å². The average Bonchev–Trinajstić information content (AvgIpc) is 2.71. The zero-order valence-electron chi connectivity index (χ0n) is 10.1. The molecular formula is C14H10F2N2S. The van der Waals surface area contributed by atoms with Gasteiger partial charge in [-0.05, 0) is 49.0 Å². The molecular weight excluding hydrogens is 266 g/mol. The Hall–Kier alpha value is -2.01. The lowest BCUT2D eigenvalue weighted by molar-refractivity contribution is 0.514. The summed E-state index contributed by atoms with van der Waals surface area (Å²) in [5.74, 6) is -1.78. The highest BCUT2D eigenvalue weighted by Gasteiger charge is 2.14. The second-order valence-corrected chi connectivity index (χ2v) is 4.75. The van der Waals surface area contributed by atoms with E-state index < -0.39 is 11.6 Å². The number of halogens is 2. The van der Waals surface area contributed by atoms with Gasteiger partial charge in [0.2, 0.25) is 0 Å². The number of rotatable bonds is 1. The quantitative estimate of drug-likeness (QED) is 0.658. The van der Waals surface area contributed by atoms with Gasteiger partial charge in [0.1, 0.15) is 5.52 Å². The lowest BCUT2D eigenvalue weighted by Gasteiger charge is -2.06. The van der Waals surface area contributed by atoms with Gasteiger partial charge in [0.15, 0.2) is 16.4 Å². The van der Waals surface area contributed by atoms with Crippen LogP contribution in [0.25, 0.3) is 16.7 Å². The fourth-order valence-electron chi connectivity index (χ4n) is 2.15. The van der Waals surface area contributed by atoms with Crippen LogP contribution in [0.15, 0.2) is 36.4 Å². The molecule has 1 aromatic heterocycles. The van der Waals surface area contributed by atoms with Crippen molar-refractivity contribution < 1.29 is 8.78 Å². The molecule has 2 aromatic carbocycles. The Morgan fingerprint density at radius 2 is 1.95 bits per heavy atom. The van der Waals surface area contributed by atoms with Crippen LogP contribution >= 0.6 is 12.2 Å². The van der Waals surface area contributed by atoms with Crippen molar-refractivity contribution in [3.63, 3.8) is 0 Å². The minimum atomic E-state index is -0.897. The highest BCUT2D eigenvalue weighted by atomic mass is 32.1. The molecule has 3 rings (SSSR count). The molecule has 0 amide bonds. The maximum absolute atomic E-state index is 14.0. The van der Waals surface area contributed by atoms with Gasteiger partial charge in [0, 0.05) is 5.69 Å². The lowest BCUT2D eigenvalue weighted by Crippen LogP contribution is -1.97. The molecule has 19 heavy (non-hydrogen) atoms. The van der Waals surface area contributed by atoms with E-state index in [1.807, 2.05) is 25.1 Å². The molecule has 0 saturated heterocycles. The summed E-state index contributed by atoms with van der Waals surface area (Å²) in [6.45, 7) is 1.93. The highest BCUT2D eigenvalue weighted by molar-refractivity contribution is 7.71. The van der Waals surface area contributed by atoms with Gasteiger partial charge >= 0.3 is 0 Å². The highest BCUT2D eigenvalue weighted by Crippen LogP contribution is 2.24. The topological polar surface area (TPSA) is 20.7 Å². The molecule has 0 spiro atoms. The van der Waals surface area contributed by atoms with Gasteiger partial charge in [-0.1, -0.05) is 12.1 Å². The number of aromatic amines is 1. The van der Waals surface area contributed by atoms with Crippen molar-refractivity contribution in [1.29, 1.82) is 0 Å². The van der Waals surface area contributed by atoms with Crippen molar-refractivity contribution in [2.45, 2.75) is 6.92 Å². The summed E-state index contributed by atoms with van der Waals surface area (Å²) < 4.78 is 29.2. The van der Waals surface area contributed by atoms with Crippen LogP contribution in [0.1, 0.15) is 5.56 Å². The summed E-state index contributed by atoms with van der Waals surface area (Å²) in [6.07, 6.45) is 0. The summed E-state index contributed by atoms with van der Waals surface area (Å²) in [7, 11) is 0. The number of aryl methyl sites for hydroxylation is 1. The molecule has 0 aliphatic rings. The Balaban J connectivity index is 2.44.